The van der Waals surface area contributed by atoms with Gasteiger partial charge in [-0.3, -0.25) is 0 Å². The number of benzene rings is 2. The van der Waals surface area contributed by atoms with Gasteiger partial charge in [0.05, 0.1) is 6.26 Å². The molecule has 0 fully saturated rings. The van der Waals surface area contributed by atoms with E-state index in [1.807, 2.05) is 6.26 Å². The summed E-state index contributed by atoms with van der Waals surface area (Å²) in [6, 6.07) is 15.2. The summed E-state index contributed by atoms with van der Waals surface area (Å²) in [6.45, 7) is 4.23. The summed E-state index contributed by atoms with van der Waals surface area (Å²) in [7, 11) is 0. The van der Waals surface area contributed by atoms with Crippen molar-refractivity contribution in [2.45, 2.75) is 20.3 Å². The number of fused-ring (bicyclic) bond motifs is 3. The Labute approximate surface area is 118 Å². The van der Waals surface area contributed by atoms with Crippen LogP contribution in [0.15, 0.2) is 53.1 Å². The summed E-state index contributed by atoms with van der Waals surface area (Å²) in [5.41, 5.74) is 9.23. The molecule has 20 heavy (non-hydrogen) atoms. The van der Waals surface area contributed by atoms with Crippen LogP contribution in [0.3, 0.4) is 0 Å². The van der Waals surface area contributed by atoms with Gasteiger partial charge in [-0.2, -0.15) is 0 Å². The molecule has 1 aliphatic carbocycles. The van der Waals surface area contributed by atoms with Crippen molar-refractivity contribution in [3.05, 3.63) is 71.0 Å². The van der Waals surface area contributed by atoms with Gasteiger partial charge in [-0.05, 0) is 53.6 Å². The molecule has 0 saturated heterocycles. The number of hydrogen-bond acceptors (Lipinski definition) is 1. The fourth-order valence-electron chi connectivity index (χ4n) is 3.14. The minimum atomic E-state index is 1.00. The van der Waals surface area contributed by atoms with Crippen molar-refractivity contribution < 1.29 is 4.42 Å². The quantitative estimate of drug-likeness (QED) is 0.462. The van der Waals surface area contributed by atoms with Gasteiger partial charge >= 0.3 is 0 Å². The molecule has 1 nitrogen and oxygen atoms in total. The molecule has 1 heterocycles. The summed E-state index contributed by atoms with van der Waals surface area (Å²) in [5.74, 6) is 1.02. The zero-order valence-electron chi connectivity index (χ0n) is 11.7. The first kappa shape index (κ1) is 11.5. The van der Waals surface area contributed by atoms with E-state index >= 15 is 0 Å². The van der Waals surface area contributed by atoms with Gasteiger partial charge in [-0.25, -0.2) is 0 Å². The molecule has 0 amide bonds. The van der Waals surface area contributed by atoms with Crippen molar-refractivity contribution in [2.75, 3.05) is 0 Å². The summed E-state index contributed by atoms with van der Waals surface area (Å²) in [6.07, 6.45) is 2.85. The minimum absolute atomic E-state index is 1.00. The van der Waals surface area contributed by atoms with Gasteiger partial charge < -0.3 is 4.42 Å². The lowest BCUT2D eigenvalue weighted by molar-refractivity contribution is 0.578. The van der Waals surface area contributed by atoms with Gasteiger partial charge in [0.15, 0.2) is 0 Å². The van der Waals surface area contributed by atoms with Crippen LogP contribution >= 0.6 is 0 Å². The fraction of sp³-hybridized carbons (Fsp3) is 0.158. The van der Waals surface area contributed by atoms with E-state index in [0.29, 0.717) is 0 Å². The van der Waals surface area contributed by atoms with E-state index in [2.05, 4.69) is 56.3 Å². The van der Waals surface area contributed by atoms with Gasteiger partial charge in [-0.1, -0.05) is 42.5 Å². The Morgan fingerprint density at radius 3 is 2.40 bits per heavy atom. The van der Waals surface area contributed by atoms with Crippen molar-refractivity contribution in [3.63, 3.8) is 0 Å². The van der Waals surface area contributed by atoms with Crippen molar-refractivity contribution >= 4 is 0 Å². The Bertz CT molecular complexity index is 808. The number of aryl methyl sites for hydroxylation is 1. The Kier molecular flexibility index (Phi) is 2.37. The van der Waals surface area contributed by atoms with Crippen LogP contribution in [0, 0.1) is 13.8 Å². The Morgan fingerprint density at radius 2 is 1.60 bits per heavy atom. The van der Waals surface area contributed by atoms with Crippen LogP contribution < -0.4 is 0 Å². The van der Waals surface area contributed by atoms with Crippen LogP contribution in [0.4, 0.5) is 0 Å². The van der Waals surface area contributed by atoms with Gasteiger partial charge in [0.1, 0.15) is 5.76 Å². The Balaban J connectivity index is 1.96. The largest absolute Gasteiger partial charge is 0.464 e. The number of furan rings is 1. The smallest absolute Gasteiger partial charge is 0.137 e. The van der Waals surface area contributed by atoms with Crippen molar-refractivity contribution in [3.8, 4) is 22.5 Å². The third kappa shape index (κ3) is 1.50. The van der Waals surface area contributed by atoms with E-state index in [1.165, 1.54) is 38.9 Å². The molecule has 0 saturated carbocycles. The molecule has 4 rings (SSSR count). The molecule has 98 valence electrons. The third-order valence-corrected chi connectivity index (χ3v) is 4.38. The first-order valence-corrected chi connectivity index (χ1v) is 7.01. The zero-order valence-corrected chi connectivity index (χ0v) is 11.7. The standard InChI is InChI=1S/C19H16O/c1-12-11-20-19(13(12)2)17-9-5-8-16-15-7-4-3-6-14(15)10-18(16)17/h3-9,11H,10H2,1-2H3. The lowest BCUT2D eigenvalue weighted by Gasteiger charge is -2.07. The maximum absolute atomic E-state index is 5.81. The summed E-state index contributed by atoms with van der Waals surface area (Å²) in [4.78, 5) is 0. The van der Waals surface area contributed by atoms with Gasteiger partial charge in [0.25, 0.3) is 0 Å². The van der Waals surface area contributed by atoms with E-state index in [-0.39, 0.29) is 0 Å². The predicted octanol–water partition coefficient (Wildman–Crippen LogP) is 5.13. The molecular weight excluding hydrogens is 244 g/mol. The highest BCUT2D eigenvalue weighted by molar-refractivity contribution is 5.84. The van der Waals surface area contributed by atoms with Gasteiger partial charge in [0.2, 0.25) is 0 Å². The second kappa shape index (κ2) is 4.11. The SMILES string of the molecule is Cc1coc(-c2cccc3c2Cc2ccccc2-3)c1C. The van der Waals surface area contributed by atoms with Crippen LogP contribution in [0.25, 0.3) is 22.5 Å². The maximum Gasteiger partial charge on any atom is 0.137 e. The van der Waals surface area contributed by atoms with Crippen LogP contribution in [-0.2, 0) is 6.42 Å². The molecule has 0 bridgehead atoms. The molecule has 0 radical (unpaired) electrons. The molecular formula is C19H16O. The lowest BCUT2D eigenvalue weighted by atomic mass is 9.97. The molecule has 0 unspecified atom stereocenters. The highest BCUT2D eigenvalue weighted by Crippen LogP contribution is 2.42. The monoisotopic (exact) mass is 260 g/mol. The predicted molar refractivity (Wildman–Crippen MR) is 81.9 cm³/mol. The second-order valence-corrected chi connectivity index (χ2v) is 5.54. The first-order chi connectivity index (χ1) is 9.75. The highest BCUT2D eigenvalue weighted by Gasteiger charge is 2.23. The van der Waals surface area contributed by atoms with E-state index in [9.17, 15) is 0 Å². The molecule has 0 atom stereocenters. The number of rotatable bonds is 1. The molecule has 0 spiro atoms. The summed E-state index contributed by atoms with van der Waals surface area (Å²) < 4.78 is 5.81. The van der Waals surface area contributed by atoms with Gasteiger partial charge in [-0.15, -0.1) is 0 Å². The number of hydrogen-bond donors (Lipinski definition) is 0. The molecule has 3 aromatic rings. The maximum atomic E-state index is 5.81. The van der Waals surface area contributed by atoms with E-state index in [0.717, 1.165) is 12.2 Å². The Hall–Kier alpha value is -2.28. The van der Waals surface area contributed by atoms with E-state index in [4.69, 9.17) is 4.42 Å². The summed E-state index contributed by atoms with van der Waals surface area (Å²) in [5, 5.41) is 0. The van der Waals surface area contributed by atoms with Gasteiger partial charge in [0, 0.05) is 5.56 Å². The van der Waals surface area contributed by atoms with E-state index < -0.39 is 0 Å². The molecule has 0 N–H and O–H groups in total. The average Bonchev–Trinajstić information content (AvgIpc) is 3.01. The fourth-order valence-corrected chi connectivity index (χ4v) is 3.14. The first-order valence-electron chi connectivity index (χ1n) is 7.01. The van der Waals surface area contributed by atoms with E-state index in [1.54, 1.807) is 0 Å². The zero-order chi connectivity index (χ0) is 13.7. The van der Waals surface area contributed by atoms with Crippen LogP contribution in [0.1, 0.15) is 22.3 Å². The third-order valence-electron chi connectivity index (χ3n) is 4.38. The topological polar surface area (TPSA) is 13.1 Å². The molecule has 0 aliphatic heterocycles. The van der Waals surface area contributed by atoms with Crippen molar-refractivity contribution in [2.24, 2.45) is 0 Å². The second-order valence-electron chi connectivity index (χ2n) is 5.54. The normalized spacial score (nSPS) is 12.3. The lowest BCUT2D eigenvalue weighted by Crippen LogP contribution is -1.88. The molecule has 1 aromatic heterocycles. The average molecular weight is 260 g/mol. The van der Waals surface area contributed by atoms with Crippen LogP contribution in [0.5, 0.6) is 0 Å². The summed E-state index contributed by atoms with van der Waals surface area (Å²) >= 11 is 0. The van der Waals surface area contributed by atoms with Crippen LogP contribution in [0.2, 0.25) is 0 Å². The minimum Gasteiger partial charge on any atom is -0.464 e. The Morgan fingerprint density at radius 1 is 0.850 bits per heavy atom. The van der Waals surface area contributed by atoms with Crippen LogP contribution in [-0.4, -0.2) is 0 Å². The van der Waals surface area contributed by atoms with Crippen molar-refractivity contribution in [1.82, 2.24) is 0 Å². The van der Waals surface area contributed by atoms with Crippen molar-refractivity contribution in [1.29, 1.82) is 0 Å². The molecule has 1 aliphatic rings. The molecule has 1 heteroatoms. The molecule has 2 aromatic carbocycles. The highest BCUT2D eigenvalue weighted by atomic mass is 16.3.